The molecular formula is C28H34ClN3O. The van der Waals surface area contributed by atoms with Crippen LogP contribution in [0.3, 0.4) is 0 Å². The number of piperidine rings is 1. The Balaban J connectivity index is 1.45. The van der Waals surface area contributed by atoms with Crippen LogP contribution in [0.4, 0.5) is 0 Å². The van der Waals surface area contributed by atoms with Crippen LogP contribution in [-0.2, 0) is 17.9 Å². The average molecular weight is 464 g/mol. The number of nitrogens with one attached hydrogen (secondary N) is 1. The van der Waals surface area contributed by atoms with Crippen molar-refractivity contribution in [2.75, 3.05) is 26.2 Å². The Morgan fingerprint density at radius 3 is 2.73 bits per heavy atom. The zero-order valence-electron chi connectivity index (χ0n) is 19.6. The van der Waals surface area contributed by atoms with E-state index in [9.17, 15) is 0 Å². The monoisotopic (exact) mass is 463 g/mol. The maximum atomic E-state index is 6.52. The maximum absolute atomic E-state index is 6.52. The van der Waals surface area contributed by atoms with E-state index in [2.05, 4.69) is 72.0 Å². The third-order valence-electron chi connectivity index (χ3n) is 6.65. The molecule has 5 heteroatoms. The number of para-hydroxylation sites is 1. The van der Waals surface area contributed by atoms with E-state index in [0.717, 1.165) is 42.6 Å². The minimum atomic E-state index is 0.0983. The molecular weight excluding hydrogens is 430 g/mol. The number of hydrogen-bond acceptors (Lipinski definition) is 4. The van der Waals surface area contributed by atoms with Crippen molar-refractivity contribution in [3.8, 4) is 0 Å². The van der Waals surface area contributed by atoms with E-state index >= 15 is 0 Å². The first-order valence-corrected chi connectivity index (χ1v) is 12.1. The molecule has 4 rings (SSSR count). The molecule has 0 saturated carbocycles. The Hall–Kier alpha value is -2.24. The van der Waals surface area contributed by atoms with Crippen molar-refractivity contribution in [1.29, 1.82) is 0 Å². The van der Waals surface area contributed by atoms with E-state index in [1.807, 2.05) is 30.3 Å². The molecule has 174 valence electrons. The lowest BCUT2D eigenvalue weighted by molar-refractivity contribution is -0.0936. The molecule has 2 atom stereocenters. The minimum Gasteiger partial charge on any atom is -0.372 e. The lowest BCUT2D eigenvalue weighted by Crippen LogP contribution is -2.57. The second-order valence-corrected chi connectivity index (χ2v) is 10.0. The molecule has 0 unspecified atom stereocenters. The van der Waals surface area contributed by atoms with Gasteiger partial charge in [-0.05, 0) is 23.1 Å². The van der Waals surface area contributed by atoms with Gasteiger partial charge in [0.1, 0.15) is 5.15 Å². The molecule has 2 heterocycles. The summed E-state index contributed by atoms with van der Waals surface area (Å²) in [5.41, 5.74) is 3.26. The molecule has 33 heavy (non-hydrogen) atoms. The number of hydrogen-bond donors (Lipinski definition) is 1. The summed E-state index contributed by atoms with van der Waals surface area (Å²) in [6, 6.07) is 20.6. The van der Waals surface area contributed by atoms with Crippen LogP contribution in [0.2, 0.25) is 5.15 Å². The quantitative estimate of drug-likeness (QED) is 0.326. The van der Waals surface area contributed by atoms with Gasteiger partial charge in [0.05, 0.1) is 18.2 Å². The summed E-state index contributed by atoms with van der Waals surface area (Å²) in [4.78, 5) is 7.01. The molecule has 1 aromatic heterocycles. The lowest BCUT2D eigenvalue weighted by atomic mass is 9.72. The van der Waals surface area contributed by atoms with E-state index in [4.69, 9.17) is 16.3 Å². The van der Waals surface area contributed by atoms with Crippen molar-refractivity contribution < 1.29 is 4.74 Å². The van der Waals surface area contributed by atoms with Gasteiger partial charge in [0.15, 0.2) is 0 Å². The van der Waals surface area contributed by atoms with E-state index in [1.165, 1.54) is 5.56 Å². The van der Waals surface area contributed by atoms with Crippen LogP contribution in [0.15, 0.2) is 73.3 Å². The van der Waals surface area contributed by atoms with Crippen molar-refractivity contribution in [2.45, 2.75) is 33.1 Å². The summed E-state index contributed by atoms with van der Waals surface area (Å²) in [5, 5.41) is 5.34. The Labute approximate surface area is 202 Å². The molecule has 1 aliphatic rings. The summed E-state index contributed by atoms with van der Waals surface area (Å²) in [6.45, 7) is 13.6. The van der Waals surface area contributed by atoms with Crippen molar-refractivity contribution in [3.05, 3.63) is 89.6 Å². The van der Waals surface area contributed by atoms with Gasteiger partial charge in [0.2, 0.25) is 0 Å². The number of rotatable bonds is 9. The molecule has 0 aliphatic carbocycles. The Morgan fingerprint density at radius 1 is 1.18 bits per heavy atom. The van der Waals surface area contributed by atoms with Gasteiger partial charge in [-0.2, -0.15) is 0 Å². The van der Waals surface area contributed by atoms with Gasteiger partial charge < -0.3 is 10.1 Å². The molecule has 1 saturated heterocycles. The van der Waals surface area contributed by atoms with Crippen LogP contribution in [0, 0.1) is 11.3 Å². The summed E-state index contributed by atoms with van der Waals surface area (Å²) in [5.74, 6) is 0.370. The van der Waals surface area contributed by atoms with E-state index < -0.39 is 0 Å². The summed E-state index contributed by atoms with van der Waals surface area (Å²) in [7, 11) is 0. The Kier molecular flexibility index (Phi) is 7.82. The highest BCUT2D eigenvalue weighted by Crippen LogP contribution is 2.36. The van der Waals surface area contributed by atoms with Crippen LogP contribution < -0.4 is 5.32 Å². The SMILES string of the molecule is C=CCN1C[C@@H](OCc2ccccc2)[C@@H](CNCc2cc3ccccc3nc2Cl)C(C)(C)C1. The second kappa shape index (κ2) is 10.8. The van der Waals surface area contributed by atoms with Gasteiger partial charge >= 0.3 is 0 Å². The normalized spacial score (nSPS) is 20.7. The van der Waals surface area contributed by atoms with Crippen LogP contribution in [0.5, 0.6) is 0 Å². The van der Waals surface area contributed by atoms with E-state index in [0.29, 0.717) is 24.2 Å². The first-order chi connectivity index (χ1) is 16.0. The summed E-state index contributed by atoms with van der Waals surface area (Å²) < 4.78 is 6.52. The fourth-order valence-corrected chi connectivity index (χ4v) is 5.15. The highest BCUT2D eigenvalue weighted by atomic mass is 35.5. The highest BCUT2D eigenvalue weighted by molar-refractivity contribution is 6.30. The van der Waals surface area contributed by atoms with Crippen molar-refractivity contribution in [2.24, 2.45) is 11.3 Å². The molecule has 0 amide bonds. The van der Waals surface area contributed by atoms with Crippen LogP contribution in [-0.4, -0.2) is 42.2 Å². The third kappa shape index (κ3) is 6.01. The van der Waals surface area contributed by atoms with Gasteiger partial charge in [-0.3, -0.25) is 4.90 Å². The van der Waals surface area contributed by atoms with Gasteiger partial charge in [0, 0.05) is 49.6 Å². The first-order valence-electron chi connectivity index (χ1n) is 11.7. The molecule has 2 aromatic carbocycles. The van der Waals surface area contributed by atoms with Gasteiger partial charge in [0.25, 0.3) is 0 Å². The van der Waals surface area contributed by atoms with E-state index in [-0.39, 0.29) is 11.5 Å². The van der Waals surface area contributed by atoms with Gasteiger partial charge in [-0.25, -0.2) is 4.98 Å². The van der Waals surface area contributed by atoms with Gasteiger partial charge in [-0.15, -0.1) is 6.58 Å². The molecule has 0 spiro atoms. The van der Waals surface area contributed by atoms with E-state index in [1.54, 1.807) is 0 Å². The molecule has 1 aliphatic heterocycles. The van der Waals surface area contributed by atoms with Crippen molar-refractivity contribution in [3.63, 3.8) is 0 Å². The Morgan fingerprint density at radius 2 is 1.94 bits per heavy atom. The molecule has 0 bridgehead atoms. The number of likely N-dealkylation sites (tertiary alicyclic amines) is 1. The number of aromatic nitrogens is 1. The van der Waals surface area contributed by atoms with Crippen LogP contribution >= 0.6 is 11.6 Å². The number of halogens is 1. The fourth-order valence-electron chi connectivity index (χ4n) is 4.94. The molecule has 1 fully saturated rings. The summed E-state index contributed by atoms with van der Waals surface area (Å²) >= 11 is 6.49. The molecule has 3 aromatic rings. The van der Waals surface area contributed by atoms with Gasteiger partial charge in [-0.1, -0.05) is 80.1 Å². The first kappa shape index (κ1) is 23.9. The smallest absolute Gasteiger partial charge is 0.134 e. The molecule has 1 N–H and O–H groups in total. The van der Waals surface area contributed by atoms with Crippen molar-refractivity contribution >= 4 is 22.5 Å². The predicted octanol–water partition coefficient (Wildman–Crippen LogP) is 5.71. The number of benzene rings is 2. The number of pyridine rings is 1. The number of ether oxygens (including phenoxy) is 1. The standard InChI is InChI=1S/C28H34ClN3O/c1-4-14-32-18-26(33-19-21-10-6-5-7-11-21)24(28(2,3)20-32)17-30-16-23-15-22-12-8-9-13-25(22)31-27(23)29/h4-13,15,24,26,30H,1,14,16-20H2,2-3H3/t24-,26-/m1/s1. The van der Waals surface area contributed by atoms with Crippen molar-refractivity contribution in [1.82, 2.24) is 15.2 Å². The molecule has 4 nitrogen and oxygen atoms in total. The molecule has 0 radical (unpaired) electrons. The predicted molar refractivity (Wildman–Crippen MR) is 137 cm³/mol. The average Bonchev–Trinajstić information content (AvgIpc) is 2.80. The third-order valence-corrected chi connectivity index (χ3v) is 6.97. The Bertz CT molecular complexity index is 1070. The number of nitrogens with zero attached hydrogens (tertiary/aromatic N) is 2. The zero-order chi connectivity index (χ0) is 23.3. The topological polar surface area (TPSA) is 37.4 Å². The highest BCUT2D eigenvalue weighted by Gasteiger charge is 2.42. The second-order valence-electron chi connectivity index (χ2n) is 9.67. The largest absolute Gasteiger partial charge is 0.372 e. The maximum Gasteiger partial charge on any atom is 0.134 e. The zero-order valence-corrected chi connectivity index (χ0v) is 20.4. The lowest BCUT2D eigenvalue weighted by Gasteiger charge is -2.48. The summed E-state index contributed by atoms with van der Waals surface area (Å²) in [6.07, 6.45) is 2.11. The fraction of sp³-hybridized carbons (Fsp3) is 0.393. The minimum absolute atomic E-state index is 0.0983. The van der Waals surface area contributed by atoms with Crippen LogP contribution in [0.1, 0.15) is 25.0 Å². The number of fused-ring (bicyclic) bond motifs is 1. The van der Waals surface area contributed by atoms with Crippen LogP contribution in [0.25, 0.3) is 10.9 Å².